The Balaban J connectivity index is 2.02. The van der Waals surface area contributed by atoms with Gasteiger partial charge in [0, 0.05) is 25.2 Å². The van der Waals surface area contributed by atoms with Crippen molar-refractivity contribution in [1.29, 1.82) is 0 Å². The minimum absolute atomic E-state index is 0.00358. The average Bonchev–Trinajstić information content (AvgIpc) is 2.64. The number of benzene rings is 2. The Bertz CT molecular complexity index is 805. The number of nitro groups is 1. The van der Waals surface area contributed by atoms with Gasteiger partial charge in [-0.2, -0.15) is 13.2 Å². The van der Waals surface area contributed by atoms with E-state index in [4.69, 9.17) is 0 Å². The number of halogens is 3. The van der Waals surface area contributed by atoms with Crippen LogP contribution in [0.1, 0.15) is 23.6 Å². The first-order chi connectivity index (χ1) is 12.8. The van der Waals surface area contributed by atoms with E-state index in [1.807, 2.05) is 6.92 Å². The van der Waals surface area contributed by atoms with E-state index in [-0.39, 0.29) is 12.2 Å². The van der Waals surface area contributed by atoms with Crippen molar-refractivity contribution < 1.29 is 18.1 Å². The Kier molecular flexibility index (Phi) is 6.75. The first kappa shape index (κ1) is 20.2. The quantitative estimate of drug-likeness (QED) is 0.345. The second-order valence-corrected chi connectivity index (χ2v) is 5.67. The summed E-state index contributed by atoms with van der Waals surface area (Å²) in [6.45, 7) is 2.90. The van der Waals surface area contributed by atoms with Crippen molar-refractivity contribution in [2.45, 2.75) is 26.2 Å². The van der Waals surface area contributed by atoms with E-state index < -0.39 is 16.7 Å². The van der Waals surface area contributed by atoms with E-state index in [0.29, 0.717) is 24.6 Å². The fourth-order valence-corrected chi connectivity index (χ4v) is 2.28. The molecular weight excluding hydrogens is 361 g/mol. The molecule has 0 spiro atoms. The predicted octanol–water partition coefficient (Wildman–Crippen LogP) is 3.87. The van der Waals surface area contributed by atoms with Gasteiger partial charge in [0.25, 0.3) is 5.69 Å². The topological polar surface area (TPSA) is 79.6 Å². The summed E-state index contributed by atoms with van der Waals surface area (Å²) < 4.78 is 38.3. The molecule has 144 valence electrons. The van der Waals surface area contributed by atoms with Gasteiger partial charge in [-0.1, -0.05) is 24.3 Å². The number of nitrogens with one attached hydrogen (secondary N) is 2. The molecule has 2 rings (SSSR count). The van der Waals surface area contributed by atoms with Crippen LogP contribution in [-0.2, 0) is 19.3 Å². The van der Waals surface area contributed by atoms with Crippen LogP contribution in [0.25, 0.3) is 0 Å². The van der Waals surface area contributed by atoms with E-state index >= 15 is 0 Å². The maximum atomic E-state index is 12.8. The molecule has 0 aliphatic carbocycles. The van der Waals surface area contributed by atoms with Crippen molar-refractivity contribution in [1.82, 2.24) is 10.6 Å². The van der Waals surface area contributed by atoms with Gasteiger partial charge in [0.15, 0.2) is 5.96 Å². The first-order valence-corrected chi connectivity index (χ1v) is 8.21. The van der Waals surface area contributed by atoms with E-state index in [1.54, 1.807) is 18.2 Å². The van der Waals surface area contributed by atoms with E-state index in [1.165, 1.54) is 18.2 Å². The Hall–Kier alpha value is -3.10. The maximum absolute atomic E-state index is 12.8. The molecular formula is C18H19F3N4O2. The van der Waals surface area contributed by atoms with Crippen molar-refractivity contribution in [2.75, 3.05) is 6.54 Å². The molecule has 9 heteroatoms. The number of hydrogen-bond donors (Lipinski definition) is 2. The van der Waals surface area contributed by atoms with E-state index in [2.05, 4.69) is 15.6 Å². The van der Waals surface area contributed by atoms with E-state index in [0.717, 1.165) is 17.7 Å². The van der Waals surface area contributed by atoms with Crippen LogP contribution in [0, 0.1) is 10.1 Å². The van der Waals surface area contributed by atoms with Crippen molar-refractivity contribution in [2.24, 2.45) is 4.99 Å². The van der Waals surface area contributed by atoms with Gasteiger partial charge >= 0.3 is 6.18 Å². The zero-order valence-corrected chi connectivity index (χ0v) is 14.6. The number of non-ortho nitro benzene ring substituents is 1. The number of alkyl halides is 3. The van der Waals surface area contributed by atoms with Crippen molar-refractivity contribution in [3.8, 4) is 0 Å². The fraction of sp³-hybridized carbons (Fsp3) is 0.278. The number of nitro benzene ring substituents is 1. The lowest BCUT2D eigenvalue weighted by molar-refractivity contribution is -0.384. The van der Waals surface area contributed by atoms with Crippen LogP contribution in [0.4, 0.5) is 18.9 Å². The normalized spacial score (nSPS) is 11.9. The minimum Gasteiger partial charge on any atom is -0.357 e. The molecule has 0 heterocycles. The van der Waals surface area contributed by atoms with E-state index in [9.17, 15) is 23.3 Å². The van der Waals surface area contributed by atoms with Gasteiger partial charge in [-0.15, -0.1) is 0 Å². The molecule has 0 unspecified atom stereocenters. The summed E-state index contributed by atoms with van der Waals surface area (Å²) in [5.41, 5.74) is 0.547. The lowest BCUT2D eigenvalue weighted by Gasteiger charge is -2.12. The summed E-state index contributed by atoms with van der Waals surface area (Å²) in [7, 11) is 0. The van der Waals surface area contributed by atoms with Crippen molar-refractivity contribution in [3.63, 3.8) is 0 Å². The molecule has 0 aliphatic heterocycles. The monoisotopic (exact) mass is 380 g/mol. The number of rotatable bonds is 6. The Labute approximate surface area is 154 Å². The van der Waals surface area contributed by atoms with Crippen molar-refractivity contribution >= 4 is 11.6 Å². The Morgan fingerprint density at radius 2 is 1.81 bits per heavy atom. The second-order valence-electron chi connectivity index (χ2n) is 5.67. The molecule has 2 aromatic rings. The van der Waals surface area contributed by atoms with Crippen LogP contribution in [0.3, 0.4) is 0 Å². The Morgan fingerprint density at radius 3 is 2.41 bits per heavy atom. The predicted molar refractivity (Wildman–Crippen MR) is 96.2 cm³/mol. The van der Waals surface area contributed by atoms with Crippen LogP contribution in [0.15, 0.2) is 53.5 Å². The van der Waals surface area contributed by atoms with Gasteiger partial charge in [-0.25, -0.2) is 4.99 Å². The third-order valence-electron chi connectivity index (χ3n) is 3.63. The highest BCUT2D eigenvalue weighted by Crippen LogP contribution is 2.29. The molecule has 0 saturated heterocycles. The van der Waals surface area contributed by atoms with Crippen LogP contribution < -0.4 is 10.6 Å². The summed E-state index contributed by atoms with van der Waals surface area (Å²) in [6.07, 6.45) is -4.39. The summed E-state index contributed by atoms with van der Waals surface area (Å²) in [6, 6.07) is 11.1. The molecule has 0 saturated carbocycles. The van der Waals surface area contributed by atoms with Gasteiger partial charge in [-0.3, -0.25) is 10.1 Å². The highest BCUT2D eigenvalue weighted by Gasteiger charge is 2.30. The molecule has 0 radical (unpaired) electrons. The maximum Gasteiger partial charge on any atom is 0.416 e. The number of guanidine groups is 1. The zero-order chi connectivity index (χ0) is 19.9. The molecule has 0 fully saturated rings. The molecule has 0 amide bonds. The number of aliphatic imine (C=N–C) groups is 1. The third kappa shape index (κ3) is 6.28. The van der Waals surface area contributed by atoms with Crippen LogP contribution in [0.2, 0.25) is 0 Å². The number of nitrogens with zero attached hydrogens (tertiary/aromatic N) is 2. The molecule has 0 aliphatic rings. The third-order valence-corrected chi connectivity index (χ3v) is 3.63. The molecule has 27 heavy (non-hydrogen) atoms. The molecule has 6 nitrogen and oxygen atoms in total. The van der Waals surface area contributed by atoms with Crippen LogP contribution >= 0.6 is 0 Å². The lowest BCUT2D eigenvalue weighted by atomic mass is 10.1. The van der Waals surface area contributed by atoms with Gasteiger partial charge < -0.3 is 10.6 Å². The smallest absolute Gasteiger partial charge is 0.357 e. The van der Waals surface area contributed by atoms with Crippen LogP contribution in [0.5, 0.6) is 0 Å². The summed E-state index contributed by atoms with van der Waals surface area (Å²) in [4.78, 5) is 14.5. The SMILES string of the molecule is CCNC(=NCc1cccc(C(F)(F)F)c1)NCc1ccc([N+](=O)[O-])cc1. The molecule has 0 aromatic heterocycles. The van der Waals surface area contributed by atoms with Gasteiger partial charge in [0.2, 0.25) is 0 Å². The highest BCUT2D eigenvalue weighted by atomic mass is 19.4. The summed E-state index contributed by atoms with van der Waals surface area (Å²) in [5, 5.41) is 16.7. The minimum atomic E-state index is -4.39. The van der Waals surface area contributed by atoms with Crippen LogP contribution in [-0.4, -0.2) is 17.4 Å². The standard InChI is InChI=1S/C18H19F3N4O2/c1-2-22-17(23-11-13-6-8-16(9-7-13)25(26)27)24-12-14-4-3-5-15(10-14)18(19,20)21/h3-10H,2,11-12H2,1H3,(H2,22,23,24). The largest absolute Gasteiger partial charge is 0.416 e. The average molecular weight is 380 g/mol. The number of hydrogen-bond acceptors (Lipinski definition) is 3. The second kappa shape index (κ2) is 9.02. The fourth-order valence-electron chi connectivity index (χ4n) is 2.28. The molecule has 0 atom stereocenters. The zero-order valence-electron chi connectivity index (χ0n) is 14.6. The summed E-state index contributed by atoms with van der Waals surface area (Å²) >= 11 is 0. The van der Waals surface area contributed by atoms with Gasteiger partial charge in [0.05, 0.1) is 17.0 Å². The summed E-state index contributed by atoms with van der Waals surface area (Å²) in [5.74, 6) is 0.438. The Morgan fingerprint density at radius 1 is 1.11 bits per heavy atom. The first-order valence-electron chi connectivity index (χ1n) is 8.21. The van der Waals surface area contributed by atoms with Crippen molar-refractivity contribution in [3.05, 3.63) is 75.3 Å². The van der Waals surface area contributed by atoms with Gasteiger partial charge in [0.1, 0.15) is 0 Å². The molecule has 0 bridgehead atoms. The molecule has 2 aromatic carbocycles. The van der Waals surface area contributed by atoms with Gasteiger partial charge in [-0.05, 0) is 30.2 Å². The molecule has 2 N–H and O–H groups in total. The lowest BCUT2D eigenvalue weighted by Crippen LogP contribution is -2.36. The highest BCUT2D eigenvalue weighted by molar-refractivity contribution is 5.79.